The molecule has 0 aliphatic rings. The summed E-state index contributed by atoms with van der Waals surface area (Å²) in [5.74, 6) is 5.65. The number of benzene rings is 1. The molecule has 2 aromatic rings. The van der Waals surface area contributed by atoms with Gasteiger partial charge in [-0.3, -0.25) is 10.1 Å². The Bertz CT molecular complexity index is 659. The highest BCUT2D eigenvalue weighted by molar-refractivity contribution is 6.30. The lowest BCUT2D eigenvalue weighted by Crippen LogP contribution is -1.88. The van der Waals surface area contributed by atoms with Gasteiger partial charge in [0.25, 0.3) is 5.69 Å². The third kappa shape index (κ3) is 2.84. The molecule has 0 bridgehead atoms. The monoisotopic (exact) mass is 258 g/mol. The van der Waals surface area contributed by atoms with Crippen LogP contribution in [0.15, 0.2) is 42.6 Å². The van der Waals surface area contributed by atoms with Crippen LogP contribution in [0.2, 0.25) is 5.15 Å². The average Bonchev–Trinajstić information content (AvgIpc) is 2.38. The maximum atomic E-state index is 10.6. The van der Waals surface area contributed by atoms with Gasteiger partial charge >= 0.3 is 0 Å². The molecule has 88 valence electrons. The molecule has 0 aliphatic carbocycles. The summed E-state index contributed by atoms with van der Waals surface area (Å²) in [7, 11) is 0. The SMILES string of the molecule is O=[N+]([O-])c1cccc(C#Cc2cccnc2Cl)c1. The number of hydrogen-bond acceptors (Lipinski definition) is 3. The minimum atomic E-state index is -0.456. The van der Waals surface area contributed by atoms with Gasteiger partial charge < -0.3 is 0 Å². The van der Waals surface area contributed by atoms with E-state index in [1.165, 1.54) is 12.1 Å². The fraction of sp³-hybridized carbons (Fsp3) is 0. The Morgan fingerprint density at radius 3 is 2.78 bits per heavy atom. The van der Waals surface area contributed by atoms with Crippen molar-refractivity contribution in [3.63, 3.8) is 0 Å². The van der Waals surface area contributed by atoms with Crippen LogP contribution in [-0.4, -0.2) is 9.91 Å². The van der Waals surface area contributed by atoms with Crippen molar-refractivity contribution in [2.75, 3.05) is 0 Å². The number of nitrogens with zero attached hydrogens (tertiary/aromatic N) is 2. The Balaban J connectivity index is 2.33. The highest BCUT2D eigenvalue weighted by Crippen LogP contribution is 2.13. The Morgan fingerprint density at radius 2 is 2.06 bits per heavy atom. The number of non-ortho nitro benzene ring substituents is 1. The molecule has 1 aromatic heterocycles. The van der Waals surface area contributed by atoms with E-state index in [-0.39, 0.29) is 5.69 Å². The molecule has 0 saturated heterocycles. The highest BCUT2D eigenvalue weighted by Gasteiger charge is 2.03. The van der Waals surface area contributed by atoms with Crippen LogP contribution < -0.4 is 0 Å². The molecule has 0 amide bonds. The second-order valence-corrected chi connectivity index (χ2v) is 3.76. The fourth-order valence-corrected chi connectivity index (χ4v) is 1.48. The van der Waals surface area contributed by atoms with E-state index in [0.717, 1.165) is 0 Å². The van der Waals surface area contributed by atoms with Gasteiger partial charge in [0, 0.05) is 23.9 Å². The molecule has 18 heavy (non-hydrogen) atoms. The van der Waals surface area contributed by atoms with Crippen molar-refractivity contribution in [3.8, 4) is 11.8 Å². The molecule has 4 nitrogen and oxygen atoms in total. The van der Waals surface area contributed by atoms with Crippen LogP contribution in [0.3, 0.4) is 0 Å². The smallest absolute Gasteiger partial charge is 0.258 e. The van der Waals surface area contributed by atoms with E-state index in [0.29, 0.717) is 16.3 Å². The first-order chi connectivity index (χ1) is 8.66. The average molecular weight is 259 g/mol. The first kappa shape index (κ1) is 12.1. The lowest BCUT2D eigenvalue weighted by atomic mass is 10.2. The third-order valence-corrected chi connectivity index (χ3v) is 2.46. The van der Waals surface area contributed by atoms with Crippen molar-refractivity contribution in [3.05, 3.63) is 69.0 Å². The minimum Gasteiger partial charge on any atom is -0.258 e. The normalized spacial score (nSPS) is 9.39. The summed E-state index contributed by atoms with van der Waals surface area (Å²) in [6.45, 7) is 0. The van der Waals surface area contributed by atoms with Crippen LogP contribution >= 0.6 is 11.6 Å². The van der Waals surface area contributed by atoms with Gasteiger partial charge in [0.2, 0.25) is 0 Å². The van der Waals surface area contributed by atoms with Crippen molar-refractivity contribution in [2.45, 2.75) is 0 Å². The lowest BCUT2D eigenvalue weighted by Gasteiger charge is -1.93. The van der Waals surface area contributed by atoms with Gasteiger partial charge in [-0.05, 0) is 18.2 Å². The van der Waals surface area contributed by atoms with Crippen molar-refractivity contribution in [1.82, 2.24) is 4.98 Å². The number of pyridine rings is 1. The lowest BCUT2D eigenvalue weighted by molar-refractivity contribution is -0.384. The molecule has 0 N–H and O–H groups in total. The van der Waals surface area contributed by atoms with Gasteiger partial charge in [-0.2, -0.15) is 0 Å². The quantitative estimate of drug-likeness (QED) is 0.342. The molecule has 1 heterocycles. The molecule has 0 unspecified atom stereocenters. The van der Waals surface area contributed by atoms with E-state index < -0.39 is 4.92 Å². The topological polar surface area (TPSA) is 56.0 Å². The molecular formula is C13H7ClN2O2. The van der Waals surface area contributed by atoms with Crippen LogP contribution in [0.1, 0.15) is 11.1 Å². The first-order valence-corrected chi connectivity index (χ1v) is 5.41. The molecule has 2 rings (SSSR count). The minimum absolute atomic E-state index is 0.0130. The largest absolute Gasteiger partial charge is 0.270 e. The number of halogens is 1. The van der Waals surface area contributed by atoms with E-state index in [2.05, 4.69) is 16.8 Å². The van der Waals surface area contributed by atoms with E-state index in [4.69, 9.17) is 11.6 Å². The molecule has 0 saturated carbocycles. The van der Waals surface area contributed by atoms with Crippen molar-refractivity contribution in [1.29, 1.82) is 0 Å². The maximum Gasteiger partial charge on any atom is 0.270 e. The molecule has 5 heteroatoms. The van der Waals surface area contributed by atoms with Gasteiger partial charge in [-0.1, -0.05) is 29.5 Å². The number of nitro benzene ring substituents is 1. The van der Waals surface area contributed by atoms with Crippen LogP contribution in [-0.2, 0) is 0 Å². The predicted molar refractivity (Wildman–Crippen MR) is 68.3 cm³/mol. The Hall–Kier alpha value is -2.38. The van der Waals surface area contributed by atoms with Crippen LogP contribution in [0, 0.1) is 22.0 Å². The van der Waals surface area contributed by atoms with Gasteiger partial charge in [0.15, 0.2) is 0 Å². The number of rotatable bonds is 1. The summed E-state index contributed by atoms with van der Waals surface area (Å²) in [4.78, 5) is 14.0. The second kappa shape index (κ2) is 5.30. The van der Waals surface area contributed by atoms with Crippen molar-refractivity contribution < 1.29 is 4.92 Å². The van der Waals surface area contributed by atoms with Gasteiger partial charge in [-0.15, -0.1) is 0 Å². The van der Waals surface area contributed by atoms with Gasteiger partial charge in [0.05, 0.1) is 10.5 Å². The second-order valence-electron chi connectivity index (χ2n) is 3.40. The number of nitro groups is 1. The Kier molecular flexibility index (Phi) is 3.56. The molecule has 0 atom stereocenters. The summed E-state index contributed by atoms with van der Waals surface area (Å²) >= 11 is 5.85. The standard InChI is InChI=1S/C13H7ClN2O2/c14-13-11(4-2-8-15-13)7-6-10-3-1-5-12(9-10)16(17)18/h1-5,8-9H. The zero-order chi connectivity index (χ0) is 13.0. The molecule has 0 spiro atoms. The highest BCUT2D eigenvalue weighted by atomic mass is 35.5. The maximum absolute atomic E-state index is 10.6. The van der Waals surface area contributed by atoms with Crippen LogP contribution in [0.25, 0.3) is 0 Å². The molecule has 1 aromatic carbocycles. The Labute approximate surface area is 108 Å². The molecule has 0 aliphatic heterocycles. The molecular weight excluding hydrogens is 252 g/mol. The summed E-state index contributed by atoms with van der Waals surface area (Å²) < 4.78 is 0. The van der Waals surface area contributed by atoms with E-state index >= 15 is 0 Å². The van der Waals surface area contributed by atoms with Crippen LogP contribution in [0.4, 0.5) is 5.69 Å². The van der Waals surface area contributed by atoms with Gasteiger partial charge in [0.1, 0.15) is 5.15 Å². The van der Waals surface area contributed by atoms with E-state index in [1.54, 1.807) is 30.5 Å². The van der Waals surface area contributed by atoms with Crippen LogP contribution in [0.5, 0.6) is 0 Å². The zero-order valence-corrected chi connectivity index (χ0v) is 9.89. The summed E-state index contributed by atoms with van der Waals surface area (Å²) in [5.41, 5.74) is 1.16. The Morgan fingerprint density at radius 1 is 1.22 bits per heavy atom. The number of hydrogen-bond donors (Lipinski definition) is 0. The summed E-state index contributed by atoms with van der Waals surface area (Å²) in [6.07, 6.45) is 1.57. The third-order valence-electron chi connectivity index (χ3n) is 2.16. The first-order valence-electron chi connectivity index (χ1n) is 5.04. The number of aromatic nitrogens is 1. The molecule has 0 radical (unpaired) electrons. The summed E-state index contributed by atoms with van der Waals surface area (Å²) in [6, 6.07) is 9.58. The van der Waals surface area contributed by atoms with Crippen molar-refractivity contribution >= 4 is 17.3 Å². The summed E-state index contributed by atoms with van der Waals surface area (Å²) in [5, 5.41) is 10.9. The van der Waals surface area contributed by atoms with Crippen molar-refractivity contribution in [2.24, 2.45) is 0 Å². The van der Waals surface area contributed by atoms with Gasteiger partial charge in [-0.25, -0.2) is 4.98 Å². The van der Waals surface area contributed by atoms with E-state index in [1.807, 2.05) is 0 Å². The zero-order valence-electron chi connectivity index (χ0n) is 9.13. The van der Waals surface area contributed by atoms with E-state index in [9.17, 15) is 10.1 Å². The fourth-order valence-electron chi connectivity index (χ4n) is 1.32. The molecule has 0 fully saturated rings. The predicted octanol–water partition coefficient (Wildman–Crippen LogP) is 3.04.